The topological polar surface area (TPSA) is 46.2 Å². The van der Waals surface area contributed by atoms with Crippen LogP contribution >= 0.6 is 0 Å². The first-order chi connectivity index (χ1) is 11.8. The predicted molar refractivity (Wildman–Crippen MR) is 110 cm³/mol. The zero-order valence-electron chi connectivity index (χ0n) is 15.0. The van der Waals surface area contributed by atoms with Crippen LogP contribution in [0.1, 0.15) is 44.2 Å². The molecule has 0 unspecified atom stereocenters. The van der Waals surface area contributed by atoms with E-state index in [0.717, 1.165) is 43.8 Å². The normalized spacial score (nSPS) is 11.8. The van der Waals surface area contributed by atoms with E-state index >= 15 is 0 Å². The van der Waals surface area contributed by atoms with Crippen molar-refractivity contribution in [1.29, 1.82) is 0 Å². The van der Waals surface area contributed by atoms with Crippen LogP contribution in [0.5, 0.6) is 11.5 Å². The summed E-state index contributed by atoms with van der Waals surface area (Å²) in [5.74, 6) is 1.66. The Hall–Kier alpha value is 0.869. The third kappa shape index (κ3) is 9.88. The van der Waals surface area contributed by atoms with Crippen molar-refractivity contribution in [3.8, 4) is 11.5 Å². The molecular weight excluding hydrogens is 374 g/mol. The van der Waals surface area contributed by atoms with Crippen molar-refractivity contribution in [2.24, 2.45) is 0 Å². The van der Waals surface area contributed by atoms with Gasteiger partial charge in [0, 0.05) is 6.61 Å². The Morgan fingerprint density at radius 1 is 0.808 bits per heavy atom. The maximum atomic E-state index is 5.75. The van der Waals surface area contributed by atoms with E-state index in [1.807, 2.05) is 6.07 Å². The van der Waals surface area contributed by atoms with E-state index in [-0.39, 0.29) is 68.7 Å². The Balaban J connectivity index is 0.00000312. The SMILES string of the molecule is CCCCOCCOCCOCc1cc2c(cc1CCC)OCO2.[AlH3].[KH]. The van der Waals surface area contributed by atoms with E-state index in [0.29, 0.717) is 39.8 Å². The van der Waals surface area contributed by atoms with Gasteiger partial charge in [-0.05, 0) is 36.1 Å². The number of rotatable bonds is 13. The number of hydrogen-bond donors (Lipinski definition) is 0. The standard InChI is InChI=1S/C19H30O5.Al.K.4H/c1-3-5-7-20-8-9-21-10-11-22-14-17-13-19-18(23-15-24-19)12-16(17)6-4-2;;;;;;/h12-13H,3-11,14-15H2,1-2H3;;;;;;. The molecule has 0 bridgehead atoms. The third-order valence-corrected chi connectivity index (χ3v) is 3.86. The second-order valence-electron chi connectivity index (χ2n) is 5.86. The second-order valence-corrected chi connectivity index (χ2v) is 5.86. The summed E-state index contributed by atoms with van der Waals surface area (Å²) >= 11 is 0. The average Bonchev–Trinajstić information content (AvgIpc) is 3.04. The van der Waals surface area contributed by atoms with Gasteiger partial charge in [-0.1, -0.05) is 26.7 Å². The number of aryl methyl sites for hydroxylation is 1. The summed E-state index contributed by atoms with van der Waals surface area (Å²) in [6, 6.07) is 4.12. The van der Waals surface area contributed by atoms with Crippen molar-refractivity contribution in [2.75, 3.05) is 39.8 Å². The quantitative estimate of drug-likeness (QED) is 0.368. The van der Waals surface area contributed by atoms with Gasteiger partial charge in [0.2, 0.25) is 6.79 Å². The Kier molecular flexibility index (Phi) is 17.4. The van der Waals surface area contributed by atoms with Gasteiger partial charge in [0.25, 0.3) is 0 Å². The number of benzene rings is 1. The first kappa shape index (κ1) is 26.9. The minimum atomic E-state index is 0. The van der Waals surface area contributed by atoms with Crippen LogP contribution in [-0.4, -0.2) is 109 Å². The van der Waals surface area contributed by atoms with Crippen molar-refractivity contribution in [3.63, 3.8) is 0 Å². The average molecular weight is 409 g/mol. The van der Waals surface area contributed by atoms with Crippen molar-refractivity contribution in [2.45, 2.75) is 46.1 Å². The fourth-order valence-corrected chi connectivity index (χ4v) is 2.53. The molecule has 1 heterocycles. The molecule has 2 rings (SSSR count). The molecule has 0 aromatic heterocycles. The first-order valence-electron chi connectivity index (χ1n) is 8.99. The van der Waals surface area contributed by atoms with Gasteiger partial charge in [-0.2, -0.15) is 0 Å². The molecule has 1 aromatic rings. The second kappa shape index (κ2) is 16.8. The number of ether oxygens (including phenoxy) is 5. The molecule has 0 atom stereocenters. The van der Waals surface area contributed by atoms with Gasteiger partial charge in [-0.15, -0.1) is 0 Å². The summed E-state index contributed by atoms with van der Waals surface area (Å²) in [6.45, 7) is 8.47. The van der Waals surface area contributed by atoms with Crippen LogP contribution in [0, 0.1) is 0 Å². The van der Waals surface area contributed by atoms with Crippen LogP contribution in [0.15, 0.2) is 12.1 Å². The monoisotopic (exact) mass is 408 g/mol. The maximum absolute atomic E-state index is 5.75. The van der Waals surface area contributed by atoms with Crippen molar-refractivity contribution >= 4 is 68.7 Å². The van der Waals surface area contributed by atoms with Gasteiger partial charge >= 0.3 is 51.4 Å². The van der Waals surface area contributed by atoms with Crippen LogP contribution in [0.2, 0.25) is 0 Å². The van der Waals surface area contributed by atoms with Gasteiger partial charge in [0.15, 0.2) is 28.9 Å². The van der Waals surface area contributed by atoms with E-state index in [4.69, 9.17) is 23.7 Å². The van der Waals surface area contributed by atoms with Crippen LogP contribution < -0.4 is 9.47 Å². The summed E-state index contributed by atoms with van der Waals surface area (Å²) in [6.07, 6.45) is 4.38. The predicted octanol–water partition coefficient (Wildman–Crippen LogP) is 1.89. The summed E-state index contributed by atoms with van der Waals surface area (Å²) in [5.41, 5.74) is 2.44. The molecule has 1 aromatic carbocycles. The molecule has 26 heavy (non-hydrogen) atoms. The van der Waals surface area contributed by atoms with Gasteiger partial charge in [-0.3, -0.25) is 0 Å². The Morgan fingerprint density at radius 3 is 2.00 bits per heavy atom. The summed E-state index contributed by atoms with van der Waals surface area (Å²) < 4.78 is 27.6. The minimum absolute atomic E-state index is 0. The van der Waals surface area contributed by atoms with Crippen LogP contribution in [-0.2, 0) is 27.2 Å². The van der Waals surface area contributed by atoms with Crippen molar-refractivity contribution in [1.82, 2.24) is 0 Å². The summed E-state index contributed by atoms with van der Waals surface area (Å²) in [7, 11) is 0. The number of fused-ring (bicyclic) bond motifs is 1. The molecule has 0 radical (unpaired) electrons. The first-order valence-corrected chi connectivity index (χ1v) is 8.99. The van der Waals surface area contributed by atoms with Gasteiger partial charge < -0.3 is 23.7 Å². The Bertz CT molecular complexity index is 487. The molecule has 0 saturated carbocycles. The molecule has 1 aliphatic rings. The van der Waals surface area contributed by atoms with Gasteiger partial charge in [0.05, 0.1) is 33.0 Å². The summed E-state index contributed by atoms with van der Waals surface area (Å²) in [5, 5.41) is 0. The van der Waals surface area contributed by atoms with Crippen LogP contribution in [0.3, 0.4) is 0 Å². The van der Waals surface area contributed by atoms with E-state index in [9.17, 15) is 0 Å². The Morgan fingerprint density at radius 2 is 1.38 bits per heavy atom. The molecule has 0 saturated heterocycles. The van der Waals surface area contributed by atoms with E-state index in [1.165, 1.54) is 11.1 Å². The molecule has 0 amide bonds. The molecule has 0 fully saturated rings. The van der Waals surface area contributed by atoms with Crippen molar-refractivity contribution < 1.29 is 23.7 Å². The van der Waals surface area contributed by atoms with E-state index in [2.05, 4.69) is 19.9 Å². The van der Waals surface area contributed by atoms with Gasteiger partial charge in [0.1, 0.15) is 0 Å². The van der Waals surface area contributed by atoms with E-state index < -0.39 is 0 Å². The number of unbranched alkanes of at least 4 members (excludes halogenated alkanes) is 1. The van der Waals surface area contributed by atoms with Crippen LogP contribution in [0.25, 0.3) is 0 Å². The van der Waals surface area contributed by atoms with Crippen LogP contribution in [0.4, 0.5) is 0 Å². The summed E-state index contributed by atoms with van der Waals surface area (Å²) in [4.78, 5) is 0. The molecular formula is C19H34AlKO5. The number of hydrogen-bond acceptors (Lipinski definition) is 5. The molecule has 1 aliphatic heterocycles. The molecule has 5 nitrogen and oxygen atoms in total. The van der Waals surface area contributed by atoms with Crippen molar-refractivity contribution in [3.05, 3.63) is 23.3 Å². The molecule has 7 heteroatoms. The molecule has 0 spiro atoms. The zero-order chi connectivity index (χ0) is 17.0. The third-order valence-electron chi connectivity index (χ3n) is 3.86. The molecule has 144 valence electrons. The molecule has 0 N–H and O–H groups in total. The fraction of sp³-hybridized carbons (Fsp3) is 0.684. The Labute approximate surface area is 211 Å². The van der Waals surface area contributed by atoms with Gasteiger partial charge in [-0.25, -0.2) is 0 Å². The zero-order valence-corrected chi connectivity index (χ0v) is 15.0. The van der Waals surface area contributed by atoms with E-state index in [1.54, 1.807) is 0 Å². The fourth-order valence-electron chi connectivity index (χ4n) is 2.53. The molecule has 0 aliphatic carbocycles.